The van der Waals surface area contributed by atoms with Crippen molar-refractivity contribution in [1.82, 2.24) is 0 Å². The van der Waals surface area contributed by atoms with Crippen LogP contribution in [0.25, 0.3) is 0 Å². The van der Waals surface area contributed by atoms with Gasteiger partial charge in [-0.15, -0.1) is 0 Å². The monoisotopic (exact) mass is 242 g/mol. The van der Waals surface area contributed by atoms with E-state index in [1.165, 1.54) is 0 Å². The van der Waals surface area contributed by atoms with Gasteiger partial charge in [-0.05, 0) is 19.4 Å². The van der Waals surface area contributed by atoms with E-state index < -0.39 is 22.1 Å². The number of carboxylic acid groups (broad SMARTS) is 1. The normalized spacial score (nSPS) is 12.5. The lowest BCUT2D eigenvalue weighted by molar-refractivity contribution is -0.138. The van der Waals surface area contributed by atoms with Crippen molar-refractivity contribution in [1.29, 1.82) is 0 Å². The SMILES string of the molecule is CS(=O)(=O)O.NCCCC[C@H](N)C(=O)O. The molecule has 92 valence electrons. The highest BCUT2D eigenvalue weighted by Gasteiger charge is 2.09. The van der Waals surface area contributed by atoms with Gasteiger partial charge in [0.2, 0.25) is 0 Å². The highest BCUT2D eigenvalue weighted by molar-refractivity contribution is 7.85. The number of unbranched alkanes of at least 4 members (excludes halogenated alkanes) is 1. The molecule has 7 nitrogen and oxygen atoms in total. The summed E-state index contributed by atoms with van der Waals surface area (Å²) in [6, 6.07) is -0.716. The molecule has 0 saturated heterocycles. The number of rotatable bonds is 5. The van der Waals surface area contributed by atoms with E-state index in [4.69, 9.17) is 21.1 Å². The summed E-state index contributed by atoms with van der Waals surface area (Å²) in [5.74, 6) is -0.933. The number of aliphatic carboxylic acids is 1. The summed E-state index contributed by atoms with van der Waals surface area (Å²) < 4.78 is 25.9. The van der Waals surface area contributed by atoms with E-state index in [2.05, 4.69) is 0 Å². The zero-order valence-corrected chi connectivity index (χ0v) is 9.40. The summed E-state index contributed by atoms with van der Waals surface area (Å²) in [5.41, 5.74) is 10.4. The van der Waals surface area contributed by atoms with E-state index in [0.29, 0.717) is 19.2 Å². The number of carboxylic acids is 1. The Morgan fingerprint density at radius 2 is 1.80 bits per heavy atom. The first-order chi connectivity index (χ1) is 6.68. The number of carbonyl (C=O) groups is 1. The molecule has 0 unspecified atom stereocenters. The summed E-state index contributed by atoms with van der Waals surface area (Å²) in [4.78, 5) is 10.1. The zero-order valence-electron chi connectivity index (χ0n) is 8.59. The number of nitrogens with two attached hydrogens (primary N) is 2. The lowest BCUT2D eigenvalue weighted by Gasteiger charge is -2.03. The van der Waals surface area contributed by atoms with Gasteiger partial charge in [-0.3, -0.25) is 9.35 Å². The van der Waals surface area contributed by atoms with Crippen LogP contribution >= 0.6 is 0 Å². The Hall–Kier alpha value is -0.700. The van der Waals surface area contributed by atoms with Crippen LogP contribution in [0.4, 0.5) is 0 Å². The number of hydrogen-bond acceptors (Lipinski definition) is 5. The molecule has 0 aliphatic rings. The van der Waals surface area contributed by atoms with E-state index in [0.717, 1.165) is 12.8 Å². The standard InChI is InChI=1S/C6H14N2O2.CH4O3S/c7-4-2-1-3-5(8)6(9)10;1-5(2,3)4/h5H,1-4,7-8H2,(H,9,10);1H3,(H,2,3,4)/t5-;/m0./s1. The topological polar surface area (TPSA) is 144 Å². The van der Waals surface area contributed by atoms with Crippen molar-refractivity contribution < 1.29 is 22.9 Å². The second-order valence-electron chi connectivity index (χ2n) is 2.96. The van der Waals surface area contributed by atoms with E-state index >= 15 is 0 Å². The lowest BCUT2D eigenvalue weighted by atomic mass is 10.1. The third-order valence-electron chi connectivity index (χ3n) is 1.29. The van der Waals surface area contributed by atoms with Gasteiger partial charge in [-0.25, -0.2) is 0 Å². The van der Waals surface area contributed by atoms with E-state index in [9.17, 15) is 13.2 Å². The Balaban J connectivity index is 0. The minimum absolute atomic E-state index is 0.520. The fourth-order valence-corrected chi connectivity index (χ4v) is 0.632. The largest absolute Gasteiger partial charge is 0.480 e. The molecule has 0 rings (SSSR count). The van der Waals surface area contributed by atoms with Gasteiger partial charge in [0.05, 0.1) is 6.26 Å². The molecule has 0 spiro atoms. The van der Waals surface area contributed by atoms with Crippen LogP contribution < -0.4 is 11.5 Å². The molecule has 0 fully saturated rings. The van der Waals surface area contributed by atoms with Gasteiger partial charge in [0.25, 0.3) is 10.1 Å². The van der Waals surface area contributed by atoms with Crippen LogP contribution in [0.1, 0.15) is 19.3 Å². The molecule has 0 bridgehead atoms. The van der Waals surface area contributed by atoms with Gasteiger partial charge in [-0.1, -0.05) is 6.42 Å². The Morgan fingerprint density at radius 1 is 1.40 bits per heavy atom. The molecule has 0 aromatic carbocycles. The summed E-state index contributed by atoms with van der Waals surface area (Å²) in [7, 11) is -3.67. The molecule has 6 N–H and O–H groups in total. The highest BCUT2D eigenvalue weighted by atomic mass is 32.2. The maximum Gasteiger partial charge on any atom is 0.320 e. The van der Waals surface area contributed by atoms with Gasteiger partial charge < -0.3 is 16.6 Å². The third-order valence-corrected chi connectivity index (χ3v) is 1.29. The fourth-order valence-electron chi connectivity index (χ4n) is 0.632. The fraction of sp³-hybridized carbons (Fsp3) is 0.857. The van der Waals surface area contributed by atoms with Crippen LogP contribution in [0.5, 0.6) is 0 Å². The molecule has 0 aliphatic carbocycles. The predicted octanol–water partition coefficient (Wildman–Crippen LogP) is -0.969. The van der Waals surface area contributed by atoms with Gasteiger partial charge in [0.1, 0.15) is 6.04 Å². The molecule has 0 radical (unpaired) electrons. The van der Waals surface area contributed by atoms with Crippen LogP contribution in [-0.2, 0) is 14.9 Å². The molecule has 0 aromatic rings. The zero-order chi connectivity index (χ0) is 12.5. The van der Waals surface area contributed by atoms with E-state index in [1.54, 1.807) is 0 Å². The van der Waals surface area contributed by atoms with Crippen LogP contribution in [0.15, 0.2) is 0 Å². The minimum Gasteiger partial charge on any atom is -0.480 e. The predicted molar refractivity (Wildman–Crippen MR) is 56.0 cm³/mol. The maximum absolute atomic E-state index is 10.1. The van der Waals surface area contributed by atoms with Gasteiger partial charge in [0.15, 0.2) is 0 Å². The van der Waals surface area contributed by atoms with Crippen LogP contribution in [0.3, 0.4) is 0 Å². The lowest BCUT2D eigenvalue weighted by Crippen LogP contribution is -2.29. The van der Waals surface area contributed by atoms with E-state index in [-0.39, 0.29) is 0 Å². The average Bonchev–Trinajstić information content (AvgIpc) is 2.01. The first-order valence-corrected chi connectivity index (χ1v) is 6.14. The first kappa shape index (κ1) is 16.7. The third kappa shape index (κ3) is 24.7. The van der Waals surface area contributed by atoms with Crippen LogP contribution in [0, 0.1) is 0 Å². The molecule has 0 aliphatic heterocycles. The van der Waals surface area contributed by atoms with Crippen molar-refractivity contribution in [2.75, 3.05) is 12.8 Å². The molecule has 0 saturated carbocycles. The van der Waals surface area contributed by atoms with Crippen molar-refractivity contribution in [2.45, 2.75) is 25.3 Å². The summed E-state index contributed by atoms with van der Waals surface area (Å²) in [6.45, 7) is 0.604. The molecule has 1 atom stereocenters. The minimum atomic E-state index is -3.67. The summed E-state index contributed by atoms with van der Waals surface area (Å²) >= 11 is 0. The van der Waals surface area contributed by atoms with Gasteiger partial charge in [-0.2, -0.15) is 8.42 Å². The van der Waals surface area contributed by atoms with Crippen molar-refractivity contribution in [3.8, 4) is 0 Å². The average molecular weight is 242 g/mol. The molecule has 0 heterocycles. The highest BCUT2D eigenvalue weighted by Crippen LogP contribution is 1.96. The molecular formula is C7H18N2O5S. The van der Waals surface area contributed by atoms with E-state index in [1.807, 2.05) is 0 Å². The van der Waals surface area contributed by atoms with Crippen LogP contribution in [-0.4, -0.2) is 42.9 Å². The molecule has 8 heteroatoms. The molecule has 15 heavy (non-hydrogen) atoms. The summed E-state index contributed by atoms with van der Waals surface area (Å²) in [6.07, 6.45) is 2.88. The molecule has 0 amide bonds. The van der Waals surface area contributed by atoms with Crippen molar-refractivity contribution in [3.63, 3.8) is 0 Å². The van der Waals surface area contributed by atoms with Crippen LogP contribution in [0.2, 0.25) is 0 Å². The van der Waals surface area contributed by atoms with Gasteiger partial charge in [0, 0.05) is 0 Å². The maximum atomic E-state index is 10.1. The molecule has 0 aromatic heterocycles. The summed E-state index contributed by atoms with van der Waals surface area (Å²) in [5, 5.41) is 8.33. The van der Waals surface area contributed by atoms with Crippen molar-refractivity contribution in [3.05, 3.63) is 0 Å². The Bertz CT molecular complexity index is 257. The molecular weight excluding hydrogens is 224 g/mol. The first-order valence-electron chi connectivity index (χ1n) is 4.29. The van der Waals surface area contributed by atoms with Gasteiger partial charge >= 0.3 is 5.97 Å². The second kappa shape index (κ2) is 8.60. The number of hydrogen-bond donors (Lipinski definition) is 4. The second-order valence-corrected chi connectivity index (χ2v) is 4.43. The Kier molecular flexibility index (Phi) is 9.58. The van der Waals surface area contributed by atoms with Crippen molar-refractivity contribution in [2.24, 2.45) is 11.5 Å². The van der Waals surface area contributed by atoms with Crippen molar-refractivity contribution >= 4 is 16.1 Å². The Morgan fingerprint density at radius 3 is 2.07 bits per heavy atom. The quantitative estimate of drug-likeness (QED) is 0.358. The Labute approximate surface area is 89.2 Å². The smallest absolute Gasteiger partial charge is 0.320 e.